The number of allylic oxidation sites excluding steroid dienone is 8. The summed E-state index contributed by atoms with van der Waals surface area (Å²) >= 11 is -0.843. The molecule has 0 N–H and O–H groups in total. The Morgan fingerprint density at radius 3 is 1.77 bits per heavy atom. The average Bonchev–Trinajstić information content (AvgIpc) is 2.77. The number of halogens is 1. The van der Waals surface area contributed by atoms with Crippen molar-refractivity contribution in [3.63, 3.8) is 0 Å². The van der Waals surface area contributed by atoms with Crippen LogP contribution in [-0.2, 0) is 17.1 Å². The second-order valence-electron chi connectivity index (χ2n) is 3.27. The molecule has 0 aromatic carbocycles. The Kier molecular flexibility index (Phi) is 4.47. The summed E-state index contributed by atoms with van der Waals surface area (Å²) in [6.45, 7) is 0. The molecule has 0 saturated carbocycles. The second-order valence-corrected chi connectivity index (χ2v) is 11.4. The molecule has 0 unspecified atom stereocenters. The van der Waals surface area contributed by atoms with Gasteiger partial charge >= 0.3 is 82.3 Å². The molecule has 3 heteroatoms. The Morgan fingerprint density at radius 2 is 1.46 bits per heavy atom. The van der Waals surface area contributed by atoms with E-state index in [1.807, 2.05) is 0 Å². The van der Waals surface area contributed by atoms with Crippen LogP contribution in [0.1, 0.15) is 12.8 Å². The third-order valence-electron chi connectivity index (χ3n) is 2.51. The summed E-state index contributed by atoms with van der Waals surface area (Å²) in [6.07, 6.45) is 16.3. The second kappa shape index (κ2) is 5.16. The fraction of sp³-hybridized carbons (Fsp3) is 0.200. The molecule has 0 aliphatic heterocycles. The predicted octanol–water partition coefficient (Wildman–Crippen LogP) is -1.42. The van der Waals surface area contributed by atoms with Gasteiger partial charge < -0.3 is 12.4 Å². The van der Waals surface area contributed by atoms with Gasteiger partial charge in [-0.1, -0.05) is 0 Å². The van der Waals surface area contributed by atoms with Gasteiger partial charge in [-0.2, -0.15) is 0 Å². The number of rotatable bonds is 2. The zero-order valence-electron chi connectivity index (χ0n) is 7.76. The number of hydrogen-bond donors (Lipinski definition) is 0. The molecule has 2 aliphatic rings. The first-order valence-corrected chi connectivity index (χ1v) is 11.7. The van der Waals surface area contributed by atoms with Crippen molar-refractivity contribution in [1.29, 1.82) is 0 Å². The first-order chi connectivity index (χ1) is 5.88. The van der Waals surface area contributed by atoms with Crippen LogP contribution in [0.15, 0.2) is 44.2 Å². The molecule has 0 heterocycles. The Labute approximate surface area is 94.3 Å². The van der Waals surface area contributed by atoms with E-state index in [4.69, 9.17) is 0 Å². The summed E-state index contributed by atoms with van der Waals surface area (Å²) in [5.41, 5.74) is 0. The Morgan fingerprint density at radius 1 is 1.00 bits per heavy atom. The van der Waals surface area contributed by atoms with E-state index in [1.54, 1.807) is 7.76 Å². The van der Waals surface area contributed by atoms with E-state index in [-0.39, 0.29) is 12.4 Å². The quantitative estimate of drug-likeness (QED) is 0.523. The van der Waals surface area contributed by atoms with Crippen molar-refractivity contribution in [3.8, 4) is 0 Å². The van der Waals surface area contributed by atoms with E-state index in [2.05, 4.69) is 36.5 Å². The van der Waals surface area contributed by atoms with Crippen LogP contribution in [0.25, 0.3) is 0 Å². The van der Waals surface area contributed by atoms with E-state index in [0.29, 0.717) is 0 Å². The van der Waals surface area contributed by atoms with Crippen LogP contribution < -0.4 is 12.4 Å². The first-order valence-electron chi connectivity index (χ1n) is 4.43. The maximum absolute atomic E-state index is 2.36. The molecule has 68 valence electrons. The number of hydrogen-bond acceptors (Lipinski definition) is 0. The molecule has 0 fully saturated rings. The minimum atomic E-state index is -0.843. The van der Waals surface area contributed by atoms with Gasteiger partial charge in [0.05, 0.1) is 0 Å². The van der Waals surface area contributed by atoms with Crippen LogP contribution in [0.5, 0.6) is 0 Å². The summed E-state index contributed by atoms with van der Waals surface area (Å²) in [7, 11) is 1.42. The molecule has 0 saturated heterocycles. The first kappa shape index (κ1) is 11.3. The van der Waals surface area contributed by atoms with Crippen LogP contribution >= 0.6 is 0 Å². The molecular weight excluding hydrogens is 232 g/mol. The zero-order valence-corrected chi connectivity index (χ0v) is 12.1. The fourth-order valence-corrected chi connectivity index (χ4v) is 7.76. The monoisotopic (exact) mass is 244 g/mol. The SMILES string of the molecule is [Cl-].[SiH3][Ti+]([C]1=CC=CC1)[C]1=CC=CC1. The zero-order chi connectivity index (χ0) is 8.39. The van der Waals surface area contributed by atoms with E-state index in [1.165, 1.54) is 21.0 Å². The molecule has 0 aromatic rings. The summed E-state index contributed by atoms with van der Waals surface area (Å²) in [4.78, 5) is 0. The molecule has 2 rings (SSSR count). The van der Waals surface area contributed by atoms with Crippen LogP contribution in [-0.4, -0.2) is 8.11 Å². The third kappa shape index (κ3) is 2.57. The molecular formula is C10H13ClSiTi. The topological polar surface area (TPSA) is 0 Å². The van der Waals surface area contributed by atoms with E-state index in [9.17, 15) is 0 Å². The van der Waals surface area contributed by atoms with Crippen LogP contribution in [0.4, 0.5) is 0 Å². The van der Waals surface area contributed by atoms with E-state index >= 15 is 0 Å². The Hall–Kier alpha value is 0.181. The molecule has 0 aromatic heterocycles. The van der Waals surface area contributed by atoms with Crippen molar-refractivity contribution in [2.24, 2.45) is 0 Å². The van der Waals surface area contributed by atoms with Gasteiger partial charge in [-0.05, 0) is 0 Å². The van der Waals surface area contributed by atoms with Crippen molar-refractivity contribution in [3.05, 3.63) is 44.2 Å². The molecule has 0 bridgehead atoms. The van der Waals surface area contributed by atoms with Gasteiger partial charge in [-0.15, -0.1) is 0 Å². The van der Waals surface area contributed by atoms with Gasteiger partial charge in [0.25, 0.3) is 0 Å². The van der Waals surface area contributed by atoms with Crippen molar-refractivity contribution in [2.45, 2.75) is 12.8 Å². The van der Waals surface area contributed by atoms with Gasteiger partial charge in [0.1, 0.15) is 0 Å². The van der Waals surface area contributed by atoms with Gasteiger partial charge in [-0.3, -0.25) is 0 Å². The normalized spacial score (nSPS) is 18.5. The molecule has 2 aliphatic carbocycles. The molecule has 0 nitrogen and oxygen atoms in total. The van der Waals surface area contributed by atoms with Gasteiger partial charge in [0.2, 0.25) is 0 Å². The molecule has 0 atom stereocenters. The van der Waals surface area contributed by atoms with Gasteiger partial charge in [-0.25, -0.2) is 0 Å². The summed E-state index contributed by atoms with van der Waals surface area (Å²) < 4.78 is 3.58. The molecule has 0 spiro atoms. The molecule has 13 heavy (non-hydrogen) atoms. The van der Waals surface area contributed by atoms with E-state index < -0.39 is 17.1 Å². The van der Waals surface area contributed by atoms with Crippen LogP contribution in [0.3, 0.4) is 0 Å². The molecule has 0 radical (unpaired) electrons. The maximum atomic E-state index is 2.36. The van der Waals surface area contributed by atoms with Gasteiger partial charge in [0, 0.05) is 0 Å². The Bertz CT molecular complexity index is 272. The summed E-state index contributed by atoms with van der Waals surface area (Å²) in [5, 5.41) is 0. The average molecular weight is 245 g/mol. The van der Waals surface area contributed by atoms with E-state index in [0.717, 1.165) is 0 Å². The summed E-state index contributed by atoms with van der Waals surface area (Å²) in [5.74, 6) is 0. The van der Waals surface area contributed by atoms with Gasteiger partial charge in [0.15, 0.2) is 0 Å². The molecule has 0 amide bonds. The van der Waals surface area contributed by atoms with Crippen LogP contribution in [0.2, 0.25) is 0 Å². The van der Waals surface area contributed by atoms with Crippen molar-refractivity contribution in [2.75, 3.05) is 0 Å². The van der Waals surface area contributed by atoms with Crippen LogP contribution in [0, 0.1) is 0 Å². The minimum absolute atomic E-state index is 0. The summed E-state index contributed by atoms with van der Waals surface area (Å²) in [6, 6.07) is 0. The standard InChI is InChI=1S/2C5H5.ClH.H3Si.Ti/c2*1-2-4-5-3-1;;;/h2*1-3H,4H2;1H;1H3;/q;;;;+1/p-1. The fourth-order valence-electron chi connectivity index (χ4n) is 1.66. The van der Waals surface area contributed by atoms with Crippen molar-refractivity contribution < 1.29 is 29.5 Å². The predicted molar refractivity (Wildman–Crippen MR) is 53.6 cm³/mol. The third-order valence-corrected chi connectivity index (χ3v) is 12.0. The van der Waals surface area contributed by atoms with Crippen molar-refractivity contribution >= 4 is 8.11 Å². The Balaban J connectivity index is 0.000000845. The van der Waals surface area contributed by atoms with Crippen molar-refractivity contribution in [1.82, 2.24) is 0 Å².